The largest absolute Gasteiger partial charge is 0.323 e. The van der Waals surface area contributed by atoms with Gasteiger partial charge < -0.3 is 4.90 Å². The van der Waals surface area contributed by atoms with Crippen molar-refractivity contribution in [3.05, 3.63) is 0 Å². The van der Waals surface area contributed by atoms with E-state index < -0.39 is 0 Å². The fourth-order valence-electron chi connectivity index (χ4n) is 1.35. The van der Waals surface area contributed by atoms with Crippen LogP contribution in [-0.2, 0) is 0 Å². The molecule has 4 heteroatoms. The molecule has 78 valence electrons. The van der Waals surface area contributed by atoms with Crippen LogP contribution in [0.2, 0.25) is 0 Å². The highest BCUT2D eigenvalue weighted by Gasteiger charge is 2.17. The molecule has 1 rings (SSSR count). The highest BCUT2D eigenvalue weighted by molar-refractivity contribution is 6.64. The van der Waals surface area contributed by atoms with E-state index in [0.29, 0.717) is 18.5 Å². The lowest BCUT2D eigenvalue weighted by Gasteiger charge is -2.32. The SMILES string of the molecule is CC#CCN1CN(CCC)CN=C1Cl. The number of hydrogen-bond acceptors (Lipinski definition) is 3. The van der Waals surface area contributed by atoms with Crippen molar-refractivity contribution < 1.29 is 0 Å². The first-order chi connectivity index (χ1) is 6.77. The molecular weight excluding hydrogens is 198 g/mol. The van der Waals surface area contributed by atoms with E-state index in [1.807, 2.05) is 11.8 Å². The summed E-state index contributed by atoms with van der Waals surface area (Å²) in [5.74, 6) is 5.85. The van der Waals surface area contributed by atoms with E-state index in [4.69, 9.17) is 11.6 Å². The molecule has 0 fully saturated rings. The van der Waals surface area contributed by atoms with Crippen LogP contribution in [0, 0.1) is 11.8 Å². The summed E-state index contributed by atoms with van der Waals surface area (Å²) in [6.07, 6.45) is 1.14. The molecule has 0 aromatic heterocycles. The van der Waals surface area contributed by atoms with E-state index in [9.17, 15) is 0 Å². The second-order valence-electron chi connectivity index (χ2n) is 3.23. The third-order valence-corrected chi connectivity index (χ3v) is 2.38. The molecule has 0 saturated heterocycles. The Hall–Kier alpha value is -0.720. The highest BCUT2D eigenvalue weighted by Crippen LogP contribution is 2.07. The summed E-state index contributed by atoms with van der Waals surface area (Å²) >= 11 is 5.97. The van der Waals surface area contributed by atoms with E-state index in [1.165, 1.54) is 0 Å². The van der Waals surface area contributed by atoms with Crippen molar-refractivity contribution in [2.45, 2.75) is 20.3 Å². The predicted molar refractivity (Wildman–Crippen MR) is 60.2 cm³/mol. The van der Waals surface area contributed by atoms with Crippen LogP contribution < -0.4 is 0 Å². The van der Waals surface area contributed by atoms with Gasteiger partial charge in [0.1, 0.15) is 0 Å². The van der Waals surface area contributed by atoms with Gasteiger partial charge in [-0.1, -0.05) is 12.8 Å². The maximum absolute atomic E-state index is 5.97. The Morgan fingerprint density at radius 2 is 2.36 bits per heavy atom. The van der Waals surface area contributed by atoms with Crippen molar-refractivity contribution in [1.82, 2.24) is 9.80 Å². The first-order valence-electron chi connectivity index (χ1n) is 4.84. The van der Waals surface area contributed by atoms with Crippen molar-refractivity contribution in [2.75, 3.05) is 26.4 Å². The van der Waals surface area contributed by atoms with Crippen molar-refractivity contribution in [3.63, 3.8) is 0 Å². The van der Waals surface area contributed by atoms with Crippen LogP contribution in [0.4, 0.5) is 0 Å². The Morgan fingerprint density at radius 1 is 1.57 bits per heavy atom. The number of aliphatic imine (C=N–C) groups is 1. The Balaban J connectivity index is 2.51. The number of nitrogens with zero attached hydrogens (tertiary/aromatic N) is 3. The third-order valence-electron chi connectivity index (χ3n) is 2.02. The van der Waals surface area contributed by atoms with Gasteiger partial charge in [0.05, 0.1) is 19.9 Å². The summed E-state index contributed by atoms with van der Waals surface area (Å²) in [6.45, 7) is 7.27. The zero-order chi connectivity index (χ0) is 10.4. The molecule has 0 aromatic rings. The van der Waals surface area contributed by atoms with Gasteiger partial charge in [-0.25, -0.2) is 4.99 Å². The van der Waals surface area contributed by atoms with Gasteiger partial charge in [0.25, 0.3) is 0 Å². The minimum Gasteiger partial charge on any atom is -0.323 e. The zero-order valence-corrected chi connectivity index (χ0v) is 9.51. The Kier molecular flexibility index (Phi) is 4.78. The minimum atomic E-state index is 0.583. The molecule has 14 heavy (non-hydrogen) atoms. The Labute approximate surface area is 90.7 Å². The third kappa shape index (κ3) is 3.21. The van der Waals surface area contributed by atoms with Crippen molar-refractivity contribution in [1.29, 1.82) is 0 Å². The van der Waals surface area contributed by atoms with Gasteiger partial charge in [0.2, 0.25) is 0 Å². The molecule has 3 nitrogen and oxygen atoms in total. The van der Waals surface area contributed by atoms with E-state index in [2.05, 4.69) is 28.7 Å². The molecular formula is C10H16ClN3. The van der Waals surface area contributed by atoms with Crippen molar-refractivity contribution >= 4 is 16.9 Å². The smallest absolute Gasteiger partial charge is 0.197 e. The van der Waals surface area contributed by atoms with Crippen LogP contribution in [0.1, 0.15) is 20.3 Å². The first-order valence-corrected chi connectivity index (χ1v) is 5.22. The number of hydrogen-bond donors (Lipinski definition) is 0. The van der Waals surface area contributed by atoms with Crippen molar-refractivity contribution in [3.8, 4) is 11.8 Å². The summed E-state index contributed by atoms with van der Waals surface area (Å²) in [5.41, 5.74) is 0. The lowest BCUT2D eigenvalue weighted by Crippen LogP contribution is -2.44. The molecule has 0 saturated carbocycles. The number of rotatable bonds is 3. The van der Waals surface area contributed by atoms with Gasteiger partial charge in [0, 0.05) is 6.54 Å². The van der Waals surface area contributed by atoms with Crippen LogP contribution in [0.3, 0.4) is 0 Å². The van der Waals surface area contributed by atoms with Gasteiger partial charge >= 0.3 is 0 Å². The molecule has 0 atom stereocenters. The summed E-state index contributed by atoms with van der Waals surface area (Å²) < 4.78 is 0. The van der Waals surface area contributed by atoms with E-state index in [0.717, 1.165) is 19.6 Å². The van der Waals surface area contributed by atoms with Gasteiger partial charge in [-0.3, -0.25) is 4.90 Å². The van der Waals surface area contributed by atoms with Crippen LogP contribution in [0.5, 0.6) is 0 Å². The molecule has 0 amide bonds. The predicted octanol–water partition coefficient (Wildman–Crippen LogP) is 1.55. The summed E-state index contributed by atoms with van der Waals surface area (Å²) in [5, 5.41) is 0.583. The lowest BCUT2D eigenvalue weighted by atomic mass is 10.4. The quantitative estimate of drug-likeness (QED) is 0.523. The molecule has 1 aliphatic rings. The highest BCUT2D eigenvalue weighted by atomic mass is 35.5. The Morgan fingerprint density at radius 3 is 3.00 bits per heavy atom. The van der Waals surface area contributed by atoms with Crippen LogP contribution >= 0.6 is 11.6 Å². The molecule has 0 unspecified atom stereocenters. The molecule has 0 bridgehead atoms. The van der Waals surface area contributed by atoms with Crippen molar-refractivity contribution in [2.24, 2.45) is 4.99 Å². The summed E-state index contributed by atoms with van der Waals surface area (Å²) in [6, 6.07) is 0. The topological polar surface area (TPSA) is 18.8 Å². The molecule has 0 aromatic carbocycles. The lowest BCUT2D eigenvalue weighted by molar-refractivity contribution is 0.186. The van der Waals surface area contributed by atoms with Gasteiger partial charge in [0.15, 0.2) is 5.29 Å². The molecule has 1 heterocycles. The second-order valence-corrected chi connectivity index (χ2v) is 3.57. The molecule has 1 aliphatic heterocycles. The summed E-state index contributed by atoms with van der Waals surface area (Å²) in [4.78, 5) is 8.47. The van der Waals surface area contributed by atoms with Crippen LogP contribution in [0.25, 0.3) is 0 Å². The maximum Gasteiger partial charge on any atom is 0.197 e. The maximum atomic E-state index is 5.97. The number of halogens is 1. The average Bonchev–Trinajstić information content (AvgIpc) is 2.19. The zero-order valence-electron chi connectivity index (χ0n) is 8.76. The van der Waals surface area contributed by atoms with E-state index >= 15 is 0 Å². The fraction of sp³-hybridized carbons (Fsp3) is 0.700. The van der Waals surface area contributed by atoms with E-state index in [1.54, 1.807) is 0 Å². The van der Waals surface area contributed by atoms with Gasteiger partial charge in [-0.15, -0.1) is 5.92 Å². The standard InChI is InChI=1S/C10H16ClN3/c1-3-5-7-14-9-13(6-4-2)8-12-10(14)11/h4,6-9H2,1-2H3. The minimum absolute atomic E-state index is 0.583. The van der Waals surface area contributed by atoms with Gasteiger partial charge in [-0.2, -0.15) is 0 Å². The monoisotopic (exact) mass is 213 g/mol. The molecule has 0 spiro atoms. The van der Waals surface area contributed by atoms with Crippen LogP contribution in [-0.4, -0.2) is 41.5 Å². The average molecular weight is 214 g/mol. The molecule has 0 aliphatic carbocycles. The molecule has 0 radical (unpaired) electrons. The Bertz CT molecular complexity index is 264. The van der Waals surface area contributed by atoms with Crippen LogP contribution in [0.15, 0.2) is 4.99 Å². The number of amidine groups is 1. The summed E-state index contributed by atoms with van der Waals surface area (Å²) in [7, 11) is 0. The molecule has 0 N–H and O–H groups in total. The first kappa shape index (κ1) is 11.4. The van der Waals surface area contributed by atoms with Gasteiger partial charge in [-0.05, 0) is 24.9 Å². The normalized spacial score (nSPS) is 17.4. The fourth-order valence-corrected chi connectivity index (χ4v) is 1.52. The van der Waals surface area contributed by atoms with E-state index in [-0.39, 0.29) is 0 Å². The second kappa shape index (κ2) is 5.90.